The van der Waals surface area contributed by atoms with E-state index in [1.165, 1.54) is 25.8 Å². The van der Waals surface area contributed by atoms with Gasteiger partial charge in [-0.15, -0.1) is 0 Å². The zero-order valence-corrected chi connectivity index (χ0v) is 11.0. The second kappa shape index (κ2) is 4.46. The van der Waals surface area contributed by atoms with Gasteiger partial charge in [0.05, 0.1) is 5.56 Å². The number of nitrogens with zero attached hydrogens (tertiary/aromatic N) is 1. The predicted molar refractivity (Wildman–Crippen MR) is 66.4 cm³/mol. The SMILES string of the molecule is CN(C(=O)c1cccc2c1OCO2)C(C)(C)C(=O)O. The molecule has 0 aromatic heterocycles. The second-order valence-corrected chi connectivity index (χ2v) is 4.77. The van der Waals surface area contributed by atoms with Gasteiger partial charge in [0.25, 0.3) is 5.91 Å². The van der Waals surface area contributed by atoms with E-state index in [9.17, 15) is 9.59 Å². The van der Waals surface area contributed by atoms with Crippen LogP contribution in [-0.4, -0.2) is 41.3 Å². The Kier molecular flexibility index (Phi) is 3.09. The lowest BCUT2D eigenvalue weighted by Crippen LogP contribution is -2.50. The number of hydrogen-bond acceptors (Lipinski definition) is 4. The number of benzene rings is 1. The zero-order valence-electron chi connectivity index (χ0n) is 11.0. The summed E-state index contributed by atoms with van der Waals surface area (Å²) in [5.74, 6) is -0.643. The van der Waals surface area contributed by atoms with E-state index in [-0.39, 0.29) is 6.79 Å². The average Bonchev–Trinajstić information content (AvgIpc) is 2.84. The van der Waals surface area contributed by atoms with Crippen LogP contribution in [0.1, 0.15) is 24.2 Å². The number of carboxylic acid groups (broad SMARTS) is 1. The highest BCUT2D eigenvalue weighted by Gasteiger charge is 2.37. The Labute approximate surface area is 110 Å². The first-order chi connectivity index (χ1) is 8.85. The van der Waals surface area contributed by atoms with E-state index in [1.807, 2.05) is 0 Å². The Morgan fingerprint density at radius 3 is 2.63 bits per heavy atom. The second-order valence-electron chi connectivity index (χ2n) is 4.77. The van der Waals surface area contributed by atoms with Crippen molar-refractivity contribution in [3.8, 4) is 11.5 Å². The molecule has 1 aromatic carbocycles. The number of rotatable bonds is 3. The van der Waals surface area contributed by atoms with Crippen LogP contribution in [0, 0.1) is 0 Å². The minimum absolute atomic E-state index is 0.0612. The smallest absolute Gasteiger partial charge is 0.329 e. The third-order valence-corrected chi connectivity index (χ3v) is 3.29. The molecule has 0 fully saturated rings. The third kappa shape index (κ3) is 2.09. The van der Waals surface area contributed by atoms with Gasteiger partial charge in [-0.05, 0) is 26.0 Å². The van der Waals surface area contributed by atoms with Gasteiger partial charge in [0.1, 0.15) is 5.54 Å². The van der Waals surface area contributed by atoms with Crippen molar-refractivity contribution in [2.75, 3.05) is 13.8 Å². The Balaban J connectivity index is 2.36. The van der Waals surface area contributed by atoms with Crippen LogP contribution in [0.15, 0.2) is 18.2 Å². The lowest BCUT2D eigenvalue weighted by Gasteiger charge is -2.31. The fourth-order valence-corrected chi connectivity index (χ4v) is 1.68. The van der Waals surface area contributed by atoms with Crippen LogP contribution in [0.3, 0.4) is 0 Å². The average molecular weight is 265 g/mol. The molecule has 19 heavy (non-hydrogen) atoms. The number of aliphatic carboxylic acids is 1. The van der Waals surface area contributed by atoms with Gasteiger partial charge in [-0.3, -0.25) is 4.79 Å². The first kappa shape index (κ1) is 13.2. The van der Waals surface area contributed by atoms with Crippen LogP contribution in [-0.2, 0) is 4.79 Å². The standard InChI is InChI=1S/C13H15NO5/c1-13(2,12(16)17)14(3)11(15)8-5-4-6-9-10(8)19-7-18-9/h4-6H,7H2,1-3H3,(H,16,17). The van der Waals surface area contributed by atoms with Crippen LogP contribution in [0.5, 0.6) is 11.5 Å². The predicted octanol–water partition coefficient (Wildman–Crippen LogP) is 1.35. The number of hydrogen-bond donors (Lipinski definition) is 1. The molecule has 1 aliphatic heterocycles. The van der Waals surface area contributed by atoms with Crippen molar-refractivity contribution < 1.29 is 24.2 Å². The summed E-state index contributed by atoms with van der Waals surface area (Å²) >= 11 is 0. The zero-order chi connectivity index (χ0) is 14.2. The molecule has 1 amide bonds. The number of carbonyl (C=O) groups is 2. The fraction of sp³-hybridized carbons (Fsp3) is 0.385. The van der Waals surface area contributed by atoms with Crippen LogP contribution in [0.25, 0.3) is 0 Å². The summed E-state index contributed by atoms with van der Waals surface area (Å²) in [4.78, 5) is 24.7. The fourth-order valence-electron chi connectivity index (χ4n) is 1.68. The van der Waals surface area contributed by atoms with Crippen LogP contribution < -0.4 is 9.47 Å². The molecule has 1 N–H and O–H groups in total. The van der Waals surface area contributed by atoms with Crippen molar-refractivity contribution in [3.63, 3.8) is 0 Å². The van der Waals surface area contributed by atoms with Gasteiger partial charge in [-0.2, -0.15) is 0 Å². The molecule has 0 saturated heterocycles. The van der Waals surface area contributed by atoms with Gasteiger partial charge in [0.2, 0.25) is 6.79 Å². The summed E-state index contributed by atoms with van der Waals surface area (Å²) in [5, 5.41) is 9.15. The van der Waals surface area contributed by atoms with Crippen molar-refractivity contribution in [2.24, 2.45) is 0 Å². The highest BCUT2D eigenvalue weighted by atomic mass is 16.7. The van der Waals surface area contributed by atoms with Crippen molar-refractivity contribution in [1.29, 1.82) is 0 Å². The van der Waals surface area contributed by atoms with Gasteiger partial charge in [0, 0.05) is 7.05 Å². The molecule has 0 bridgehead atoms. The molecule has 0 unspecified atom stereocenters. The van der Waals surface area contributed by atoms with Gasteiger partial charge in [0.15, 0.2) is 11.5 Å². The molecule has 0 radical (unpaired) electrons. The number of likely N-dealkylation sites (N-methyl/N-ethyl adjacent to an activating group) is 1. The van der Waals surface area contributed by atoms with E-state index >= 15 is 0 Å². The maximum Gasteiger partial charge on any atom is 0.329 e. The Morgan fingerprint density at radius 2 is 2.00 bits per heavy atom. The number of carboxylic acids is 1. The molecule has 6 nitrogen and oxygen atoms in total. The highest BCUT2D eigenvalue weighted by molar-refractivity contribution is 6.00. The summed E-state index contributed by atoms with van der Waals surface area (Å²) in [6.45, 7) is 2.99. The minimum Gasteiger partial charge on any atom is -0.480 e. The topological polar surface area (TPSA) is 76.1 Å². The first-order valence-electron chi connectivity index (χ1n) is 5.76. The molecule has 0 atom stereocenters. The summed E-state index contributed by atoms with van der Waals surface area (Å²) in [6, 6.07) is 4.95. The molecule has 0 saturated carbocycles. The van der Waals surface area contributed by atoms with Crippen LogP contribution >= 0.6 is 0 Å². The van der Waals surface area contributed by atoms with Gasteiger partial charge >= 0.3 is 5.97 Å². The minimum atomic E-state index is -1.31. The molecule has 1 aliphatic rings. The third-order valence-electron chi connectivity index (χ3n) is 3.29. The maximum absolute atomic E-state index is 12.4. The number of para-hydroxylation sites is 1. The molecule has 1 aromatic rings. The summed E-state index contributed by atoms with van der Waals surface area (Å²) in [5.41, 5.74) is -1.01. The molecule has 0 aliphatic carbocycles. The van der Waals surface area contributed by atoms with Crippen molar-refractivity contribution in [1.82, 2.24) is 4.90 Å². The number of fused-ring (bicyclic) bond motifs is 1. The van der Waals surface area contributed by atoms with Gasteiger partial charge < -0.3 is 19.5 Å². The summed E-state index contributed by atoms with van der Waals surface area (Å²) in [6.07, 6.45) is 0. The highest BCUT2D eigenvalue weighted by Crippen LogP contribution is 2.36. The van der Waals surface area contributed by atoms with E-state index in [4.69, 9.17) is 14.6 Å². The molecular weight excluding hydrogens is 250 g/mol. The molecular formula is C13H15NO5. The Morgan fingerprint density at radius 1 is 1.32 bits per heavy atom. The van der Waals surface area contributed by atoms with E-state index < -0.39 is 17.4 Å². The van der Waals surface area contributed by atoms with Gasteiger partial charge in [-0.1, -0.05) is 6.07 Å². The quantitative estimate of drug-likeness (QED) is 0.892. The van der Waals surface area contributed by atoms with E-state index in [2.05, 4.69) is 0 Å². The molecule has 0 spiro atoms. The van der Waals surface area contributed by atoms with Crippen LogP contribution in [0.4, 0.5) is 0 Å². The first-order valence-corrected chi connectivity index (χ1v) is 5.76. The lowest BCUT2D eigenvalue weighted by molar-refractivity contribution is -0.147. The van der Waals surface area contributed by atoms with Crippen molar-refractivity contribution in [2.45, 2.75) is 19.4 Å². The maximum atomic E-state index is 12.4. The van der Waals surface area contributed by atoms with E-state index in [0.717, 1.165) is 0 Å². The lowest BCUT2D eigenvalue weighted by atomic mass is 10.0. The monoisotopic (exact) mass is 265 g/mol. The molecule has 1 heterocycles. The molecule has 2 rings (SSSR count). The van der Waals surface area contributed by atoms with E-state index in [1.54, 1.807) is 18.2 Å². The van der Waals surface area contributed by atoms with Crippen molar-refractivity contribution >= 4 is 11.9 Å². The number of carbonyl (C=O) groups excluding carboxylic acids is 1. The van der Waals surface area contributed by atoms with Crippen molar-refractivity contribution in [3.05, 3.63) is 23.8 Å². The number of amides is 1. The molecule has 6 heteroatoms. The normalized spacial score (nSPS) is 13.2. The largest absolute Gasteiger partial charge is 0.480 e. The number of ether oxygens (including phenoxy) is 2. The van der Waals surface area contributed by atoms with Gasteiger partial charge in [-0.25, -0.2) is 4.79 Å². The van der Waals surface area contributed by atoms with Crippen LogP contribution in [0.2, 0.25) is 0 Å². The molecule has 102 valence electrons. The summed E-state index contributed by atoms with van der Waals surface area (Å²) in [7, 11) is 1.45. The van der Waals surface area contributed by atoms with E-state index in [0.29, 0.717) is 17.1 Å². The summed E-state index contributed by atoms with van der Waals surface area (Å²) < 4.78 is 10.4. The Hall–Kier alpha value is -2.24. The Bertz CT molecular complexity index is 538.